The van der Waals surface area contributed by atoms with E-state index in [2.05, 4.69) is 63.5 Å². The van der Waals surface area contributed by atoms with Gasteiger partial charge < -0.3 is 14.7 Å². The fraction of sp³-hybridized carbons (Fsp3) is 0.400. The van der Waals surface area contributed by atoms with E-state index in [-0.39, 0.29) is 11.9 Å². The Balaban J connectivity index is 1.24. The van der Waals surface area contributed by atoms with Gasteiger partial charge in [-0.05, 0) is 56.6 Å². The van der Waals surface area contributed by atoms with Crippen LogP contribution in [0, 0.1) is 0 Å². The van der Waals surface area contributed by atoms with Gasteiger partial charge in [-0.25, -0.2) is 0 Å². The quantitative estimate of drug-likeness (QED) is 0.585. The number of benzene rings is 1. The van der Waals surface area contributed by atoms with Crippen LogP contribution in [0.15, 0.2) is 65.5 Å². The van der Waals surface area contributed by atoms with Crippen LogP contribution in [-0.4, -0.2) is 47.1 Å². The molecule has 1 N–H and O–H groups in total. The molecule has 3 heterocycles. The molecule has 7 nitrogen and oxygen atoms in total. The molecule has 32 heavy (non-hydrogen) atoms. The molecular weight excluding hydrogens is 402 g/mol. The number of anilines is 1. The van der Waals surface area contributed by atoms with Crippen LogP contribution in [0.25, 0.3) is 0 Å². The molecule has 1 saturated heterocycles. The van der Waals surface area contributed by atoms with Crippen LogP contribution < -0.4 is 10.2 Å². The van der Waals surface area contributed by atoms with Crippen LogP contribution in [0.4, 0.5) is 5.69 Å². The van der Waals surface area contributed by atoms with E-state index in [1.807, 2.05) is 24.3 Å². The summed E-state index contributed by atoms with van der Waals surface area (Å²) in [4.78, 5) is 21.3. The number of carbonyl (C=O) groups is 1. The first kappa shape index (κ1) is 22.0. The van der Waals surface area contributed by atoms with Gasteiger partial charge in [0.2, 0.25) is 5.91 Å². The zero-order valence-corrected chi connectivity index (χ0v) is 18.8. The lowest BCUT2D eigenvalue weighted by Gasteiger charge is -2.39. The van der Waals surface area contributed by atoms with Gasteiger partial charge in [0, 0.05) is 37.1 Å². The zero-order valence-electron chi connectivity index (χ0n) is 18.8. The van der Waals surface area contributed by atoms with Crippen molar-refractivity contribution in [1.82, 2.24) is 20.4 Å². The predicted molar refractivity (Wildman–Crippen MR) is 124 cm³/mol. The average molecular weight is 434 g/mol. The Hall–Kier alpha value is -3.19. The number of aromatic nitrogens is 2. The fourth-order valence-corrected chi connectivity index (χ4v) is 4.26. The number of pyridine rings is 1. The number of nitrogens with zero attached hydrogens (tertiary/aromatic N) is 4. The molecule has 1 unspecified atom stereocenters. The summed E-state index contributed by atoms with van der Waals surface area (Å²) < 4.78 is 5.00. The first-order chi connectivity index (χ1) is 15.6. The maximum Gasteiger partial charge on any atom is 0.224 e. The molecule has 0 saturated carbocycles. The van der Waals surface area contributed by atoms with Gasteiger partial charge >= 0.3 is 0 Å². The van der Waals surface area contributed by atoms with Crippen LogP contribution in [0.2, 0.25) is 0 Å². The number of rotatable bonds is 8. The van der Waals surface area contributed by atoms with Crippen molar-refractivity contribution in [3.63, 3.8) is 0 Å². The van der Waals surface area contributed by atoms with Crippen LogP contribution >= 0.6 is 0 Å². The first-order valence-electron chi connectivity index (χ1n) is 11.2. The summed E-state index contributed by atoms with van der Waals surface area (Å²) in [5.41, 5.74) is 4.08. The standard InChI is InChI=1S/C25H31N5O2/c1-19(24-12-16-32-28-24)29(2)22-10-14-30(15-11-22)23-8-6-20(7-9-23)17-25(31)27-18-21-5-3-4-13-26-21/h3-9,12-13,16,19,22H,10-11,14-15,17-18H2,1-2H3,(H,27,31). The highest BCUT2D eigenvalue weighted by atomic mass is 16.5. The lowest BCUT2D eigenvalue weighted by Crippen LogP contribution is -2.44. The molecule has 1 atom stereocenters. The van der Waals surface area contributed by atoms with Gasteiger partial charge in [-0.15, -0.1) is 0 Å². The van der Waals surface area contributed by atoms with Crippen molar-refractivity contribution >= 4 is 11.6 Å². The largest absolute Gasteiger partial charge is 0.371 e. The van der Waals surface area contributed by atoms with Gasteiger partial charge in [0.25, 0.3) is 0 Å². The smallest absolute Gasteiger partial charge is 0.224 e. The number of piperidine rings is 1. The van der Waals surface area contributed by atoms with Gasteiger partial charge in [-0.1, -0.05) is 23.4 Å². The van der Waals surface area contributed by atoms with E-state index in [0.717, 1.165) is 42.9 Å². The second-order valence-electron chi connectivity index (χ2n) is 8.43. The Morgan fingerprint density at radius 1 is 1.19 bits per heavy atom. The average Bonchev–Trinajstić information content (AvgIpc) is 3.38. The van der Waals surface area contributed by atoms with Gasteiger partial charge in [-0.2, -0.15) is 0 Å². The third-order valence-electron chi connectivity index (χ3n) is 6.40. The maximum absolute atomic E-state index is 12.2. The zero-order chi connectivity index (χ0) is 22.3. The van der Waals surface area contributed by atoms with Crippen molar-refractivity contribution in [2.75, 3.05) is 25.0 Å². The van der Waals surface area contributed by atoms with Crippen molar-refractivity contribution in [3.05, 3.63) is 77.9 Å². The van der Waals surface area contributed by atoms with Crippen LogP contribution in [0.5, 0.6) is 0 Å². The van der Waals surface area contributed by atoms with E-state index >= 15 is 0 Å². The number of amides is 1. The van der Waals surface area contributed by atoms with Gasteiger partial charge in [-0.3, -0.25) is 14.7 Å². The van der Waals surface area contributed by atoms with E-state index in [1.165, 1.54) is 5.69 Å². The first-order valence-corrected chi connectivity index (χ1v) is 11.2. The molecule has 4 rings (SSSR count). The van der Waals surface area contributed by atoms with E-state index in [0.29, 0.717) is 19.0 Å². The highest BCUT2D eigenvalue weighted by Gasteiger charge is 2.27. The highest BCUT2D eigenvalue weighted by Crippen LogP contribution is 2.27. The summed E-state index contributed by atoms with van der Waals surface area (Å²) in [7, 11) is 2.17. The van der Waals surface area contributed by atoms with Gasteiger partial charge in [0.05, 0.1) is 24.7 Å². The van der Waals surface area contributed by atoms with Gasteiger partial charge in [0.15, 0.2) is 0 Å². The van der Waals surface area contributed by atoms with Crippen molar-refractivity contribution in [2.45, 2.75) is 44.8 Å². The van der Waals surface area contributed by atoms with Crippen molar-refractivity contribution in [1.29, 1.82) is 0 Å². The normalized spacial score (nSPS) is 15.7. The molecule has 3 aromatic rings. The maximum atomic E-state index is 12.2. The molecule has 7 heteroatoms. The molecular formula is C25H31N5O2. The predicted octanol–water partition coefficient (Wildman–Crippen LogP) is 3.59. The SMILES string of the molecule is CC(c1ccon1)N(C)C1CCN(c2ccc(CC(=O)NCc3ccccn3)cc2)CC1. The summed E-state index contributed by atoms with van der Waals surface area (Å²) in [6.45, 7) is 4.67. The van der Waals surface area contributed by atoms with E-state index in [9.17, 15) is 4.79 Å². The molecule has 1 fully saturated rings. The van der Waals surface area contributed by atoms with Crippen LogP contribution in [0.1, 0.15) is 42.8 Å². The molecule has 1 aliphatic rings. The lowest BCUT2D eigenvalue weighted by atomic mass is 10.0. The van der Waals surface area contributed by atoms with Crippen molar-refractivity contribution in [3.8, 4) is 0 Å². The van der Waals surface area contributed by atoms with Gasteiger partial charge in [0.1, 0.15) is 12.0 Å². The minimum Gasteiger partial charge on any atom is -0.371 e. The molecule has 1 aliphatic heterocycles. The summed E-state index contributed by atoms with van der Waals surface area (Å²) in [5, 5.41) is 7.02. The minimum atomic E-state index is 0.00786. The highest BCUT2D eigenvalue weighted by molar-refractivity contribution is 5.78. The lowest BCUT2D eigenvalue weighted by molar-refractivity contribution is -0.120. The minimum absolute atomic E-state index is 0.00786. The molecule has 2 aromatic heterocycles. The van der Waals surface area contributed by atoms with E-state index < -0.39 is 0 Å². The third-order valence-corrected chi connectivity index (χ3v) is 6.40. The molecule has 0 bridgehead atoms. The molecule has 0 spiro atoms. The van der Waals surface area contributed by atoms with E-state index in [1.54, 1.807) is 12.5 Å². The third kappa shape index (κ3) is 5.53. The summed E-state index contributed by atoms with van der Waals surface area (Å²) in [5.74, 6) is 0.00786. The summed E-state index contributed by atoms with van der Waals surface area (Å²) in [6, 6.07) is 16.8. The second kappa shape index (κ2) is 10.4. The fourth-order valence-electron chi connectivity index (χ4n) is 4.26. The second-order valence-corrected chi connectivity index (χ2v) is 8.43. The topological polar surface area (TPSA) is 74.5 Å². The van der Waals surface area contributed by atoms with E-state index in [4.69, 9.17) is 4.52 Å². The number of hydrogen-bond acceptors (Lipinski definition) is 6. The Kier molecular flexibility index (Phi) is 7.17. The number of carbonyl (C=O) groups excluding carboxylic acids is 1. The van der Waals surface area contributed by atoms with Crippen molar-refractivity contribution < 1.29 is 9.32 Å². The molecule has 1 amide bonds. The molecule has 1 aromatic carbocycles. The summed E-state index contributed by atoms with van der Waals surface area (Å²) in [6.07, 6.45) is 5.96. The Bertz CT molecular complexity index is 967. The molecule has 0 aliphatic carbocycles. The molecule has 168 valence electrons. The molecule has 0 radical (unpaired) electrons. The van der Waals surface area contributed by atoms with Crippen LogP contribution in [0.3, 0.4) is 0 Å². The van der Waals surface area contributed by atoms with Crippen molar-refractivity contribution in [2.24, 2.45) is 0 Å². The Morgan fingerprint density at radius 3 is 2.62 bits per heavy atom. The number of hydrogen-bond donors (Lipinski definition) is 1. The Labute approximate surface area is 189 Å². The Morgan fingerprint density at radius 2 is 1.97 bits per heavy atom. The summed E-state index contributed by atoms with van der Waals surface area (Å²) >= 11 is 0. The number of nitrogens with one attached hydrogen (secondary N) is 1. The van der Waals surface area contributed by atoms with Crippen LogP contribution in [-0.2, 0) is 17.8 Å². The monoisotopic (exact) mass is 433 g/mol.